The molecule has 3 rings (SSSR count). The summed E-state index contributed by atoms with van der Waals surface area (Å²) in [4.78, 5) is 11.7. The molecule has 0 saturated heterocycles. The number of rotatable bonds is 5. The van der Waals surface area contributed by atoms with Crippen LogP contribution in [0.2, 0.25) is 5.02 Å². The highest BCUT2D eigenvalue weighted by atomic mass is 35.5. The van der Waals surface area contributed by atoms with Crippen LogP contribution in [0.15, 0.2) is 41.3 Å². The third-order valence-electron chi connectivity index (χ3n) is 3.55. The van der Waals surface area contributed by atoms with Gasteiger partial charge in [0.2, 0.25) is 0 Å². The van der Waals surface area contributed by atoms with Crippen molar-refractivity contribution in [3.8, 4) is 11.5 Å². The van der Waals surface area contributed by atoms with Crippen LogP contribution in [0.4, 0.5) is 5.69 Å². The first-order valence-electron chi connectivity index (χ1n) is 7.80. The molecule has 0 spiro atoms. The van der Waals surface area contributed by atoms with E-state index in [-0.39, 0.29) is 27.8 Å². The van der Waals surface area contributed by atoms with E-state index in [1.54, 1.807) is 6.92 Å². The van der Waals surface area contributed by atoms with Crippen LogP contribution in [0, 0.1) is 0 Å². The van der Waals surface area contributed by atoms with E-state index in [0.717, 1.165) is 0 Å². The average Bonchev–Trinajstić information content (AvgIpc) is 2.63. The van der Waals surface area contributed by atoms with Crippen LogP contribution < -0.4 is 14.2 Å². The minimum atomic E-state index is -3.90. The van der Waals surface area contributed by atoms with Crippen LogP contribution >= 0.6 is 11.6 Å². The van der Waals surface area contributed by atoms with Crippen molar-refractivity contribution < 1.29 is 27.4 Å². The summed E-state index contributed by atoms with van der Waals surface area (Å²) in [5.41, 5.74) is 0.383. The molecule has 0 radical (unpaired) electrons. The van der Waals surface area contributed by atoms with Crippen LogP contribution in [0.25, 0.3) is 0 Å². The van der Waals surface area contributed by atoms with Crippen molar-refractivity contribution in [1.82, 2.24) is 0 Å². The summed E-state index contributed by atoms with van der Waals surface area (Å²) in [7, 11) is -3.90. The van der Waals surface area contributed by atoms with Gasteiger partial charge >= 0.3 is 5.97 Å². The standard InChI is InChI=1S/C17H16ClNO6S/c1-2-23-17(20)11-3-5-14(13(18)9-11)19-26(21,22)12-4-6-15-16(10-12)25-8-7-24-15/h3-6,9-10,19H,2,7-8H2,1H3. The molecule has 1 aliphatic heterocycles. The zero-order valence-corrected chi connectivity index (χ0v) is 15.4. The first kappa shape index (κ1) is 18.3. The Balaban J connectivity index is 1.84. The number of carbonyl (C=O) groups excluding carboxylic acids is 1. The Hall–Kier alpha value is -2.45. The first-order valence-corrected chi connectivity index (χ1v) is 9.66. The Bertz CT molecular complexity index is 944. The summed E-state index contributed by atoms with van der Waals surface area (Å²) in [6.45, 7) is 2.69. The second kappa shape index (κ2) is 7.43. The van der Waals surface area contributed by atoms with Gasteiger partial charge in [0.25, 0.3) is 10.0 Å². The highest BCUT2D eigenvalue weighted by molar-refractivity contribution is 7.92. The van der Waals surface area contributed by atoms with Gasteiger partial charge in [-0.1, -0.05) is 11.6 Å². The van der Waals surface area contributed by atoms with E-state index in [0.29, 0.717) is 24.7 Å². The molecule has 1 N–H and O–H groups in total. The molecule has 1 heterocycles. The van der Waals surface area contributed by atoms with Crippen molar-refractivity contribution in [3.05, 3.63) is 47.0 Å². The lowest BCUT2D eigenvalue weighted by Gasteiger charge is -2.19. The van der Waals surface area contributed by atoms with Crippen molar-refractivity contribution in [3.63, 3.8) is 0 Å². The molecule has 2 aromatic carbocycles. The Morgan fingerprint density at radius 3 is 2.58 bits per heavy atom. The lowest BCUT2D eigenvalue weighted by atomic mass is 10.2. The predicted molar refractivity (Wildman–Crippen MR) is 95.6 cm³/mol. The number of esters is 1. The monoisotopic (exact) mass is 397 g/mol. The number of hydrogen-bond donors (Lipinski definition) is 1. The summed E-state index contributed by atoms with van der Waals surface area (Å²) < 4.78 is 43.3. The summed E-state index contributed by atoms with van der Waals surface area (Å²) in [6, 6.07) is 8.53. The fraction of sp³-hybridized carbons (Fsp3) is 0.235. The second-order valence-corrected chi connectivity index (χ2v) is 7.42. The van der Waals surface area contributed by atoms with Gasteiger partial charge in [0.1, 0.15) is 13.2 Å². The highest BCUT2D eigenvalue weighted by Crippen LogP contribution is 2.33. The Morgan fingerprint density at radius 2 is 1.88 bits per heavy atom. The van der Waals surface area contributed by atoms with Gasteiger partial charge < -0.3 is 14.2 Å². The summed E-state index contributed by atoms with van der Waals surface area (Å²) in [5.74, 6) is 0.325. The summed E-state index contributed by atoms with van der Waals surface area (Å²) >= 11 is 6.10. The fourth-order valence-corrected chi connectivity index (χ4v) is 3.71. The molecule has 0 amide bonds. The molecule has 0 aromatic heterocycles. The minimum Gasteiger partial charge on any atom is -0.486 e. The molecule has 26 heavy (non-hydrogen) atoms. The van der Waals surface area contributed by atoms with Crippen LogP contribution in [0.1, 0.15) is 17.3 Å². The molecule has 0 bridgehead atoms. The number of anilines is 1. The number of ether oxygens (including phenoxy) is 3. The van der Waals surface area contributed by atoms with Gasteiger partial charge in [-0.2, -0.15) is 0 Å². The van der Waals surface area contributed by atoms with E-state index in [9.17, 15) is 13.2 Å². The molecule has 9 heteroatoms. The van der Waals surface area contributed by atoms with Crippen LogP contribution in [-0.2, 0) is 14.8 Å². The molecule has 0 atom stereocenters. The lowest BCUT2D eigenvalue weighted by Crippen LogP contribution is -2.17. The number of carbonyl (C=O) groups is 1. The highest BCUT2D eigenvalue weighted by Gasteiger charge is 2.21. The minimum absolute atomic E-state index is 0.00675. The topological polar surface area (TPSA) is 90.9 Å². The summed E-state index contributed by atoms with van der Waals surface area (Å²) in [6.07, 6.45) is 0. The smallest absolute Gasteiger partial charge is 0.338 e. The summed E-state index contributed by atoms with van der Waals surface area (Å²) in [5, 5.41) is 0.0803. The molecular weight excluding hydrogens is 382 g/mol. The quantitative estimate of drug-likeness (QED) is 0.779. The van der Waals surface area contributed by atoms with E-state index < -0.39 is 16.0 Å². The second-order valence-electron chi connectivity index (χ2n) is 5.33. The molecule has 2 aromatic rings. The number of nitrogens with one attached hydrogen (secondary N) is 1. The van der Waals surface area contributed by atoms with Gasteiger partial charge in [-0.05, 0) is 37.3 Å². The van der Waals surface area contributed by atoms with Crippen LogP contribution in [-0.4, -0.2) is 34.2 Å². The van der Waals surface area contributed by atoms with Gasteiger partial charge in [-0.15, -0.1) is 0 Å². The molecule has 138 valence electrons. The average molecular weight is 398 g/mol. The normalized spacial score (nSPS) is 13.2. The molecule has 0 unspecified atom stereocenters. The van der Waals surface area contributed by atoms with E-state index in [1.807, 2.05) is 0 Å². The van der Waals surface area contributed by atoms with Crippen LogP contribution in [0.5, 0.6) is 11.5 Å². The molecule has 7 nitrogen and oxygen atoms in total. The first-order chi connectivity index (χ1) is 12.4. The van der Waals surface area contributed by atoms with E-state index in [4.69, 9.17) is 25.8 Å². The van der Waals surface area contributed by atoms with Crippen molar-refractivity contribution in [2.24, 2.45) is 0 Å². The zero-order valence-electron chi connectivity index (χ0n) is 13.8. The SMILES string of the molecule is CCOC(=O)c1ccc(NS(=O)(=O)c2ccc3c(c2)OCCO3)c(Cl)c1. The number of fused-ring (bicyclic) bond motifs is 1. The maximum Gasteiger partial charge on any atom is 0.338 e. The van der Waals surface area contributed by atoms with E-state index >= 15 is 0 Å². The van der Waals surface area contributed by atoms with Crippen molar-refractivity contribution in [1.29, 1.82) is 0 Å². The number of benzene rings is 2. The Kier molecular flexibility index (Phi) is 5.24. The van der Waals surface area contributed by atoms with Gasteiger partial charge in [0.05, 0.1) is 27.8 Å². The van der Waals surface area contributed by atoms with Gasteiger partial charge in [-0.25, -0.2) is 13.2 Å². The Morgan fingerprint density at radius 1 is 1.15 bits per heavy atom. The van der Waals surface area contributed by atoms with Gasteiger partial charge in [0.15, 0.2) is 11.5 Å². The van der Waals surface area contributed by atoms with Gasteiger partial charge in [0, 0.05) is 6.07 Å². The van der Waals surface area contributed by atoms with Gasteiger partial charge in [-0.3, -0.25) is 4.72 Å². The number of hydrogen-bond acceptors (Lipinski definition) is 6. The fourth-order valence-electron chi connectivity index (χ4n) is 2.33. The maximum absolute atomic E-state index is 12.6. The van der Waals surface area contributed by atoms with Crippen molar-refractivity contribution in [2.75, 3.05) is 24.5 Å². The molecule has 0 saturated carbocycles. The molecule has 0 fully saturated rings. The van der Waals surface area contributed by atoms with Crippen molar-refractivity contribution >= 4 is 33.3 Å². The molecule has 1 aliphatic rings. The van der Waals surface area contributed by atoms with E-state index in [1.165, 1.54) is 36.4 Å². The molecular formula is C17H16ClNO6S. The van der Waals surface area contributed by atoms with E-state index in [2.05, 4.69) is 4.72 Å². The Labute approximate surface area is 155 Å². The van der Waals surface area contributed by atoms with Crippen molar-refractivity contribution in [2.45, 2.75) is 11.8 Å². The molecule has 0 aliphatic carbocycles. The maximum atomic E-state index is 12.6. The predicted octanol–water partition coefficient (Wildman–Crippen LogP) is 3.09. The lowest BCUT2D eigenvalue weighted by molar-refractivity contribution is 0.0526. The largest absolute Gasteiger partial charge is 0.486 e. The third-order valence-corrected chi connectivity index (χ3v) is 5.22. The zero-order chi connectivity index (χ0) is 18.7. The number of sulfonamides is 1. The number of halogens is 1. The third kappa shape index (κ3) is 3.86. The van der Waals surface area contributed by atoms with Crippen LogP contribution in [0.3, 0.4) is 0 Å².